The van der Waals surface area contributed by atoms with Crippen LogP contribution in [0.2, 0.25) is 0 Å². The summed E-state index contributed by atoms with van der Waals surface area (Å²) < 4.78 is 10.8. The van der Waals surface area contributed by atoms with Crippen LogP contribution < -0.4 is 0 Å². The topological polar surface area (TPSA) is 35.5 Å². The second-order valence-electron chi connectivity index (χ2n) is 4.04. The fraction of sp³-hybridized carbons (Fsp3) is 0.700. The van der Waals surface area contributed by atoms with Crippen LogP contribution in [0.15, 0.2) is 12.2 Å². The lowest BCUT2D eigenvalue weighted by Gasteiger charge is -2.15. The van der Waals surface area contributed by atoms with E-state index in [1.165, 1.54) is 0 Å². The molecule has 2 aliphatic rings. The van der Waals surface area contributed by atoms with Crippen LogP contribution in [0.1, 0.15) is 20.3 Å². The average molecular weight is 182 g/mol. The SMILES string of the molecule is C=C1C(=O)O[C@H]2C[C@@H](C(C)C)O[C@@H]12. The fourth-order valence-electron chi connectivity index (χ4n) is 1.86. The van der Waals surface area contributed by atoms with Gasteiger partial charge >= 0.3 is 5.97 Å². The summed E-state index contributed by atoms with van der Waals surface area (Å²) in [6.45, 7) is 7.89. The Hall–Kier alpha value is -0.830. The quantitative estimate of drug-likeness (QED) is 0.452. The zero-order chi connectivity index (χ0) is 9.59. The van der Waals surface area contributed by atoms with Crippen molar-refractivity contribution in [3.05, 3.63) is 12.2 Å². The molecule has 0 bridgehead atoms. The van der Waals surface area contributed by atoms with E-state index in [4.69, 9.17) is 9.47 Å². The summed E-state index contributed by atoms with van der Waals surface area (Å²) in [5, 5.41) is 0. The Labute approximate surface area is 77.7 Å². The predicted octanol–water partition coefficient (Wildman–Crippen LogP) is 1.28. The van der Waals surface area contributed by atoms with Gasteiger partial charge < -0.3 is 9.47 Å². The van der Waals surface area contributed by atoms with Gasteiger partial charge in [0.25, 0.3) is 0 Å². The molecule has 0 aromatic carbocycles. The van der Waals surface area contributed by atoms with Crippen molar-refractivity contribution < 1.29 is 14.3 Å². The molecule has 0 N–H and O–H groups in total. The van der Waals surface area contributed by atoms with Gasteiger partial charge in [0.05, 0.1) is 11.7 Å². The Kier molecular flexibility index (Phi) is 1.91. The molecule has 72 valence electrons. The minimum Gasteiger partial charge on any atom is -0.456 e. The van der Waals surface area contributed by atoms with E-state index in [1.807, 2.05) is 0 Å². The van der Waals surface area contributed by atoms with Crippen LogP contribution in [0.25, 0.3) is 0 Å². The second-order valence-corrected chi connectivity index (χ2v) is 4.04. The van der Waals surface area contributed by atoms with Crippen LogP contribution in [0, 0.1) is 5.92 Å². The van der Waals surface area contributed by atoms with Gasteiger partial charge in [0, 0.05) is 6.42 Å². The molecule has 2 rings (SSSR count). The maximum Gasteiger partial charge on any atom is 0.336 e. The van der Waals surface area contributed by atoms with Crippen molar-refractivity contribution in [2.45, 2.75) is 38.6 Å². The third kappa shape index (κ3) is 1.27. The summed E-state index contributed by atoms with van der Waals surface area (Å²) in [6.07, 6.45) is 0.764. The number of rotatable bonds is 1. The number of hydrogen-bond acceptors (Lipinski definition) is 3. The third-order valence-electron chi connectivity index (χ3n) is 2.73. The number of esters is 1. The van der Waals surface area contributed by atoms with Crippen molar-refractivity contribution in [2.24, 2.45) is 5.92 Å². The number of carbonyl (C=O) groups is 1. The van der Waals surface area contributed by atoms with E-state index in [0.29, 0.717) is 11.5 Å². The minimum atomic E-state index is -0.294. The first kappa shape index (κ1) is 8.75. The molecule has 3 heteroatoms. The van der Waals surface area contributed by atoms with E-state index in [2.05, 4.69) is 20.4 Å². The summed E-state index contributed by atoms with van der Waals surface area (Å²) in [6, 6.07) is 0. The number of hydrogen-bond donors (Lipinski definition) is 0. The molecular weight excluding hydrogens is 168 g/mol. The van der Waals surface area contributed by atoms with Gasteiger partial charge in [-0.25, -0.2) is 4.79 Å². The first-order valence-electron chi connectivity index (χ1n) is 4.65. The summed E-state index contributed by atoms with van der Waals surface area (Å²) in [5.74, 6) is 0.175. The molecule has 0 spiro atoms. The first-order chi connectivity index (χ1) is 6.09. The van der Waals surface area contributed by atoms with Crippen LogP contribution in [0.3, 0.4) is 0 Å². The normalized spacial score (nSPS) is 38.2. The molecule has 0 amide bonds. The molecule has 0 aliphatic carbocycles. The molecule has 2 aliphatic heterocycles. The molecule has 3 nitrogen and oxygen atoms in total. The molecule has 0 aromatic rings. The number of fused-ring (bicyclic) bond motifs is 1. The second kappa shape index (κ2) is 2.84. The molecule has 0 unspecified atom stereocenters. The smallest absolute Gasteiger partial charge is 0.336 e. The molecular formula is C10H14O3. The molecule has 2 saturated heterocycles. The zero-order valence-electron chi connectivity index (χ0n) is 7.95. The average Bonchev–Trinajstić information content (AvgIpc) is 2.55. The Morgan fingerprint density at radius 1 is 1.54 bits per heavy atom. The molecule has 0 radical (unpaired) electrons. The molecule has 2 fully saturated rings. The van der Waals surface area contributed by atoms with E-state index in [1.54, 1.807) is 0 Å². The highest BCUT2D eigenvalue weighted by Crippen LogP contribution is 2.36. The minimum absolute atomic E-state index is 0.0765. The maximum absolute atomic E-state index is 11.1. The largest absolute Gasteiger partial charge is 0.456 e. The third-order valence-corrected chi connectivity index (χ3v) is 2.73. The Balaban J connectivity index is 2.09. The molecule has 13 heavy (non-hydrogen) atoms. The predicted molar refractivity (Wildman–Crippen MR) is 47.1 cm³/mol. The van der Waals surface area contributed by atoms with Gasteiger partial charge in [-0.05, 0) is 5.92 Å². The monoisotopic (exact) mass is 182 g/mol. The van der Waals surface area contributed by atoms with Crippen molar-refractivity contribution in [1.82, 2.24) is 0 Å². The highest BCUT2D eigenvalue weighted by atomic mass is 16.6. The summed E-state index contributed by atoms with van der Waals surface area (Å²) >= 11 is 0. The van der Waals surface area contributed by atoms with E-state index in [0.717, 1.165) is 6.42 Å². The van der Waals surface area contributed by atoms with E-state index >= 15 is 0 Å². The molecule has 3 atom stereocenters. The lowest BCUT2D eigenvalue weighted by molar-refractivity contribution is -0.138. The highest BCUT2D eigenvalue weighted by molar-refractivity contribution is 5.91. The fourth-order valence-corrected chi connectivity index (χ4v) is 1.86. The van der Waals surface area contributed by atoms with Crippen LogP contribution in [0.4, 0.5) is 0 Å². The van der Waals surface area contributed by atoms with Crippen molar-refractivity contribution in [3.63, 3.8) is 0 Å². The van der Waals surface area contributed by atoms with Gasteiger partial charge in [0.1, 0.15) is 12.2 Å². The lowest BCUT2D eigenvalue weighted by atomic mass is 10.0. The van der Waals surface area contributed by atoms with Crippen molar-refractivity contribution in [1.29, 1.82) is 0 Å². The Morgan fingerprint density at radius 3 is 2.77 bits per heavy atom. The molecule has 2 heterocycles. The van der Waals surface area contributed by atoms with Gasteiger partial charge in [-0.3, -0.25) is 0 Å². The van der Waals surface area contributed by atoms with Gasteiger partial charge in [-0.1, -0.05) is 20.4 Å². The van der Waals surface area contributed by atoms with Crippen molar-refractivity contribution in [2.75, 3.05) is 0 Å². The van der Waals surface area contributed by atoms with Gasteiger partial charge in [-0.15, -0.1) is 0 Å². The van der Waals surface area contributed by atoms with E-state index in [9.17, 15) is 4.79 Å². The van der Waals surface area contributed by atoms with Gasteiger partial charge in [0.15, 0.2) is 0 Å². The number of ether oxygens (including phenoxy) is 2. The summed E-state index contributed by atoms with van der Waals surface area (Å²) in [5.41, 5.74) is 0.480. The van der Waals surface area contributed by atoms with Gasteiger partial charge in [0.2, 0.25) is 0 Å². The summed E-state index contributed by atoms with van der Waals surface area (Å²) in [7, 11) is 0. The Morgan fingerprint density at radius 2 is 2.23 bits per heavy atom. The lowest BCUT2D eigenvalue weighted by Crippen LogP contribution is -2.18. The number of carbonyl (C=O) groups excluding carboxylic acids is 1. The van der Waals surface area contributed by atoms with Crippen LogP contribution in [-0.4, -0.2) is 24.3 Å². The molecule has 0 aromatic heterocycles. The van der Waals surface area contributed by atoms with E-state index in [-0.39, 0.29) is 24.3 Å². The highest BCUT2D eigenvalue weighted by Gasteiger charge is 2.47. The maximum atomic E-state index is 11.1. The molecule has 0 saturated carbocycles. The standard InChI is InChI=1S/C10H14O3/c1-5(2)7-4-8-9(12-7)6(3)10(11)13-8/h5,7-9H,3-4H2,1-2H3/t7-,8-,9-/m0/s1. The van der Waals surface area contributed by atoms with Crippen molar-refractivity contribution in [3.8, 4) is 0 Å². The van der Waals surface area contributed by atoms with Crippen LogP contribution in [0.5, 0.6) is 0 Å². The van der Waals surface area contributed by atoms with Crippen LogP contribution >= 0.6 is 0 Å². The first-order valence-corrected chi connectivity index (χ1v) is 4.65. The van der Waals surface area contributed by atoms with Crippen molar-refractivity contribution >= 4 is 5.97 Å². The van der Waals surface area contributed by atoms with Gasteiger partial charge in [-0.2, -0.15) is 0 Å². The Bertz CT molecular complexity index is 257. The van der Waals surface area contributed by atoms with Crippen LogP contribution in [-0.2, 0) is 14.3 Å². The summed E-state index contributed by atoms with van der Waals surface area (Å²) in [4.78, 5) is 11.1. The zero-order valence-corrected chi connectivity index (χ0v) is 7.95. The van der Waals surface area contributed by atoms with E-state index < -0.39 is 0 Å².